The van der Waals surface area contributed by atoms with Gasteiger partial charge in [-0.3, -0.25) is 9.69 Å². The summed E-state index contributed by atoms with van der Waals surface area (Å²) in [5.41, 5.74) is 6.89. The Balaban J connectivity index is 0.00000242. The number of likely N-dealkylation sites (tertiary alicyclic amines) is 1. The van der Waals surface area contributed by atoms with Crippen molar-refractivity contribution < 1.29 is 4.79 Å². The fourth-order valence-corrected chi connectivity index (χ4v) is 3.27. The van der Waals surface area contributed by atoms with Gasteiger partial charge in [-0.25, -0.2) is 0 Å². The average molecular weight is 362 g/mol. The van der Waals surface area contributed by atoms with Crippen LogP contribution < -0.4 is 5.73 Å². The van der Waals surface area contributed by atoms with Crippen molar-refractivity contribution >= 4 is 30.7 Å². The number of nitrogens with zero attached hydrogens (tertiary/aromatic N) is 2. The maximum atomic E-state index is 12.7. The molecular weight excluding hydrogens is 333 g/mol. The Bertz CT molecular complexity index is 454. The molecule has 0 aromatic heterocycles. The molecule has 1 aliphatic rings. The summed E-state index contributed by atoms with van der Waals surface area (Å²) in [6.07, 6.45) is 1.07. The first-order valence-electron chi connectivity index (χ1n) is 7.99. The van der Waals surface area contributed by atoms with Gasteiger partial charge in [-0.2, -0.15) is 0 Å². The van der Waals surface area contributed by atoms with Gasteiger partial charge in [-0.1, -0.05) is 44.2 Å². The highest BCUT2D eigenvalue weighted by Gasteiger charge is 2.32. The molecule has 0 radical (unpaired) electrons. The Morgan fingerprint density at radius 1 is 1.26 bits per heavy atom. The van der Waals surface area contributed by atoms with Gasteiger partial charge in [0.1, 0.15) is 0 Å². The standard InChI is InChI=1S/C17H27N3O.2ClH/c1-3-19(4-2)15-10-11-20(13-15)17(21)16(12-18)14-8-6-5-7-9-14;;/h5-9,15-16H,3-4,10-13,18H2,1-2H3;2*1H. The summed E-state index contributed by atoms with van der Waals surface area (Å²) in [6, 6.07) is 10.4. The van der Waals surface area contributed by atoms with Crippen LogP contribution in [0.1, 0.15) is 31.7 Å². The third kappa shape index (κ3) is 5.35. The van der Waals surface area contributed by atoms with E-state index in [4.69, 9.17) is 5.73 Å². The summed E-state index contributed by atoms with van der Waals surface area (Å²) in [7, 11) is 0. The van der Waals surface area contributed by atoms with E-state index in [1.807, 2.05) is 35.2 Å². The first kappa shape index (κ1) is 22.2. The number of amides is 1. The molecule has 2 unspecified atom stereocenters. The van der Waals surface area contributed by atoms with Gasteiger partial charge in [-0.15, -0.1) is 24.8 Å². The Hall–Kier alpha value is -0.810. The zero-order valence-corrected chi connectivity index (χ0v) is 15.6. The molecule has 1 aliphatic heterocycles. The molecule has 23 heavy (non-hydrogen) atoms. The maximum absolute atomic E-state index is 12.7. The van der Waals surface area contributed by atoms with Gasteiger partial charge in [0.05, 0.1) is 5.92 Å². The normalized spacial score (nSPS) is 18.3. The molecule has 0 saturated carbocycles. The van der Waals surface area contributed by atoms with Gasteiger partial charge in [0.15, 0.2) is 0 Å². The number of nitrogens with two attached hydrogens (primary N) is 1. The zero-order chi connectivity index (χ0) is 15.2. The van der Waals surface area contributed by atoms with Gasteiger partial charge in [0.2, 0.25) is 5.91 Å². The van der Waals surface area contributed by atoms with E-state index in [-0.39, 0.29) is 36.6 Å². The van der Waals surface area contributed by atoms with Crippen LogP contribution >= 0.6 is 24.8 Å². The summed E-state index contributed by atoms with van der Waals surface area (Å²) in [4.78, 5) is 17.2. The second-order valence-electron chi connectivity index (χ2n) is 5.65. The van der Waals surface area contributed by atoms with Gasteiger partial charge >= 0.3 is 0 Å². The minimum absolute atomic E-state index is 0. The molecule has 6 heteroatoms. The molecule has 0 spiro atoms. The molecule has 1 fully saturated rings. The molecule has 1 aromatic carbocycles. The number of benzene rings is 1. The fourth-order valence-electron chi connectivity index (χ4n) is 3.27. The second-order valence-corrected chi connectivity index (χ2v) is 5.65. The lowest BCUT2D eigenvalue weighted by Gasteiger charge is -2.27. The monoisotopic (exact) mass is 361 g/mol. The molecule has 2 rings (SSSR count). The number of likely N-dealkylation sites (N-methyl/N-ethyl adjacent to an activating group) is 1. The summed E-state index contributed by atoms with van der Waals surface area (Å²) >= 11 is 0. The molecule has 1 amide bonds. The lowest BCUT2D eigenvalue weighted by Crippen LogP contribution is -2.41. The topological polar surface area (TPSA) is 49.6 Å². The first-order valence-corrected chi connectivity index (χ1v) is 7.99. The molecule has 1 aromatic rings. The van der Waals surface area contributed by atoms with Crippen molar-refractivity contribution in [3.8, 4) is 0 Å². The van der Waals surface area contributed by atoms with E-state index in [0.717, 1.165) is 38.2 Å². The molecule has 2 N–H and O–H groups in total. The van der Waals surface area contributed by atoms with E-state index in [1.54, 1.807) is 0 Å². The molecule has 1 heterocycles. The van der Waals surface area contributed by atoms with E-state index < -0.39 is 0 Å². The molecule has 132 valence electrons. The lowest BCUT2D eigenvalue weighted by atomic mass is 9.98. The summed E-state index contributed by atoms with van der Waals surface area (Å²) < 4.78 is 0. The van der Waals surface area contributed by atoms with Crippen LogP contribution in [0.4, 0.5) is 0 Å². The number of hydrogen-bond donors (Lipinski definition) is 1. The molecule has 0 bridgehead atoms. The van der Waals surface area contributed by atoms with E-state index >= 15 is 0 Å². The van der Waals surface area contributed by atoms with Crippen LogP contribution in [0.2, 0.25) is 0 Å². The maximum Gasteiger partial charge on any atom is 0.231 e. The number of carbonyl (C=O) groups is 1. The number of carbonyl (C=O) groups excluding carboxylic acids is 1. The largest absolute Gasteiger partial charge is 0.340 e. The SMILES string of the molecule is CCN(CC)C1CCN(C(=O)C(CN)c2ccccc2)C1.Cl.Cl. The Morgan fingerprint density at radius 3 is 2.39 bits per heavy atom. The minimum atomic E-state index is -0.207. The highest BCUT2D eigenvalue weighted by atomic mass is 35.5. The van der Waals surface area contributed by atoms with Gasteiger partial charge in [0.25, 0.3) is 0 Å². The van der Waals surface area contributed by atoms with Gasteiger partial charge in [-0.05, 0) is 25.1 Å². The van der Waals surface area contributed by atoms with Crippen molar-refractivity contribution in [3.63, 3.8) is 0 Å². The first-order chi connectivity index (χ1) is 10.2. The lowest BCUT2D eigenvalue weighted by molar-refractivity contribution is -0.131. The van der Waals surface area contributed by atoms with Crippen LogP contribution in [-0.2, 0) is 4.79 Å². The van der Waals surface area contributed by atoms with E-state index in [0.29, 0.717) is 12.6 Å². The molecule has 4 nitrogen and oxygen atoms in total. The van der Waals surface area contributed by atoms with Crippen LogP contribution in [0.25, 0.3) is 0 Å². The third-order valence-electron chi connectivity index (χ3n) is 4.54. The molecule has 2 atom stereocenters. The number of halogens is 2. The minimum Gasteiger partial charge on any atom is -0.340 e. The van der Waals surface area contributed by atoms with Crippen molar-refractivity contribution in [2.24, 2.45) is 5.73 Å². The van der Waals surface area contributed by atoms with E-state index in [9.17, 15) is 4.79 Å². The summed E-state index contributed by atoms with van der Waals surface area (Å²) in [5, 5.41) is 0. The third-order valence-corrected chi connectivity index (χ3v) is 4.54. The predicted octanol–water partition coefficient (Wildman–Crippen LogP) is 2.52. The second kappa shape index (κ2) is 10.9. The van der Waals surface area contributed by atoms with Crippen LogP contribution in [0, 0.1) is 0 Å². The zero-order valence-electron chi connectivity index (χ0n) is 14.0. The Labute approximate surface area is 152 Å². The van der Waals surface area contributed by atoms with Crippen molar-refractivity contribution in [1.29, 1.82) is 0 Å². The van der Waals surface area contributed by atoms with Crippen molar-refractivity contribution in [3.05, 3.63) is 35.9 Å². The summed E-state index contributed by atoms with van der Waals surface area (Å²) in [6.45, 7) is 8.51. The van der Waals surface area contributed by atoms with Crippen LogP contribution in [0.3, 0.4) is 0 Å². The van der Waals surface area contributed by atoms with Crippen molar-refractivity contribution in [1.82, 2.24) is 9.80 Å². The quantitative estimate of drug-likeness (QED) is 0.846. The van der Waals surface area contributed by atoms with E-state index in [1.165, 1.54) is 0 Å². The highest BCUT2D eigenvalue weighted by molar-refractivity contribution is 5.85. The van der Waals surface area contributed by atoms with Crippen molar-refractivity contribution in [2.45, 2.75) is 32.2 Å². The number of hydrogen-bond acceptors (Lipinski definition) is 3. The van der Waals surface area contributed by atoms with Gasteiger partial charge in [0, 0.05) is 25.7 Å². The van der Waals surface area contributed by atoms with Crippen LogP contribution in [0.15, 0.2) is 30.3 Å². The Morgan fingerprint density at radius 2 is 1.87 bits per heavy atom. The molecule has 1 saturated heterocycles. The van der Waals surface area contributed by atoms with Crippen LogP contribution in [0.5, 0.6) is 0 Å². The molecular formula is C17H29Cl2N3O. The smallest absolute Gasteiger partial charge is 0.231 e. The fraction of sp³-hybridized carbons (Fsp3) is 0.588. The Kier molecular flexibility index (Phi) is 10.5. The number of rotatable bonds is 6. The van der Waals surface area contributed by atoms with Crippen LogP contribution in [-0.4, -0.2) is 54.5 Å². The highest BCUT2D eigenvalue weighted by Crippen LogP contribution is 2.22. The van der Waals surface area contributed by atoms with Gasteiger partial charge < -0.3 is 10.6 Å². The predicted molar refractivity (Wildman–Crippen MR) is 101 cm³/mol. The van der Waals surface area contributed by atoms with Crippen molar-refractivity contribution in [2.75, 3.05) is 32.7 Å². The summed E-state index contributed by atoms with van der Waals surface area (Å²) in [5.74, 6) is -0.0278. The van der Waals surface area contributed by atoms with E-state index in [2.05, 4.69) is 18.7 Å². The molecule has 0 aliphatic carbocycles. The average Bonchev–Trinajstić information content (AvgIpc) is 3.00.